The first kappa shape index (κ1) is 16.1. The minimum Gasteiger partial charge on any atom is -0.489 e. The maximum Gasteiger partial charge on any atom is 0.120 e. The molecule has 0 aliphatic carbocycles. The van der Waals surface area contributed by atoms with E-state index in [9.17, 15) is 0 Å². The van der Waals surface area contributed by atoms with Crippen LogP contribution in [-0.2, 0) is 13.2 Å². The van der Waals surface area contributed by atoms with Crippen LogP contribution in [0.1, 0.15) is 22.3 Å². The molecule has 0 radical (unpaired) electrons. The lowest BCUT2D eigenvalue weighted by atomic mass is 10.1. The van der Waals surface area contributed by atoms with E-state index in [1.807, 2.05) is 12.1 Å². The van der Waals surface area contributed by atoms with Gasteiger partial charge in [-0.1, -0.05) is 59.7 Å². The highest BCUT2D eigenvalue weighted by Gasteiger charge is 2.00. The first-order valence-electron chi connectivity index (χ1n) is 8.27. The molecule has 0 spiro atoms. The maximum absolute atomic E-state index is 5.93. The molecule has 0 amide bonds. The molecule has 122 valence electrons. The van der Waals surface area contributed by atoms with Gasteiger partial charge in [-0.3, -0.25) is 0 Å². The summed E-state index contributed by atoms with van der Waals surface area (Å²) in [6, 6.07) is 25.1. The average molecular weight is 317 g/mol. The van der Waals surface area contributed by atoms with Gasteiger partial charge in [0.1, 0.15) is 12.4 Å². The van der Waals surface area contributed by atoms with Gasteiger partial charge in [0.05, 0.1) is 0 Å². The van der Waals surface area contributed by atoms with Gasteiger partial charge in [0.2, 0.25) is 0 Å². The number of rotatable bonds is 6. The fraction of sp³-hybridized carbons (Fsp3) is 0.182. The van der Waals surface area contributed by atoms with Crippen molar-refractivity contribution in [2.24, 2.45) is 0 Å². The summed E-state index contributed by atoms with van der Waals surface area (Å²) in [5.74, 6) is 0.903. The Labute approximate surface area is 144 Å². The lowest BCUT2D eigenvalue weighted by Gasteiger charge is -2.10. The lowest BCUT2D eigenvalue weighted by Crippen LogP contribution is -2.00. The Hall–Kier alpha value is -2.74. The number of hydrogen-bond acceptors (Lipinski definition) is 2. The summed E-state index contributed by atoms with van der Waals surface area (Å²) in [4.78, 5) is 0. The van der Waals surface area contributed by atoms with E-state index < -0.39 is 0 Å². The van der Waals surface area contributed by atoms with Crippen LogP contribution in [-0.4, -0.2) is 0 Å². The third kappa shape index (κ3) is 4.63. The van der Waals surface area contributed by atoms with Gasteiger partial charge >= 0.3 is 0 Å². The smallest absolute Gasteiger partial charge is 0.120 e. The Bertz CT molecular complexity index is 793. The van der Waals surface area contributed by atoms with Crippen LogP contribution in [0.4, 0.5) is 5.69 Å². The van der Waals surface area contributed by atoms with Gasteiger partial charge in [-0.15, -0.1) is 0 Å². The van der Waals surface area contributed by atoms with Gasteiger partial charge in [-0.05, 0) is 49.2 Å². The molecular formula is C22H23NO. The first-order valence-corrected chi connectivity index (χ1v) is 8.27. The van der Waals surface area contributed by atoms with Crippen LogP contribution in [0, 0.1) is 13.8 Å². The van der Waals surface area contributed by atoms with E-state index in [2.05, 4.69) is 79.8 Å². The molecule has 3 aromatic carbocycles. The van der Waals surface area contributed by atoms with E-state index in [-0.39, 0.29) is 0 Å². The van der Waals surface area contributed by atoms with Gasteiger partial charge in [0.15, 0.2) is 0 Å². The highest BCUT2D eigenvalue weighted by atomic mass is 16.5. The quantitative estimate of drug-likeness (QED) is 0.648. The Kier molecular flexibility index (Phi) is 5.17. The molecule has 0 bridgehead atoms. The van der Waals surface area contributed by atoms with Crippen LogP contribution >= 0.6 is 0 Å². The molecule has 2 heteroatoms. The molecule has 2 nitrogen and oxygen atoms in total. The third-order valence-corrected chi connectivity index (χ3v) is 3.93. The van der Waals surface area contributed by atoms with Crippen molar-refractivity contribution >= 4 is 5.69 Å². The normalized spacial score (nSPS) is 10.4. The van der Waals surface area contributed by atoms with Crippen LogP contribution in [0.5, 0.6) is 5.75 Å². The van der Waals surface area contributed by atoms with Crippen molar-refractivity contribution in [1.82, 2.24) is 0 Å². The lowest BCUT2D eigenvalue weighted by molar-refractivity contribution is 0.306. The number of aryl methyl sites for hydroxylation is 2. The summed E-state index contributed by atoms with van der Waals surface area (Å²) in [7, 11) is 0. The fourth-order valence-electron chi connectivity index (χ4n) is 2.59. The van der Waals surface area contributed by atoms with E-state index in [4.69, 9.17) is 4.74 Å². The van der Waals surface area contributed by atoms with Crippen LogP contribution < -0.4 is 10.1 Å². The van der Waals surface area contributed by atoms with Crippen molar-refractivity contribution in [2.45, 2.75) is 27.0 Å². The molecule has 0 heterocycles. The molecule has 0 fully saturated rings. The van der Waals surface area contributed by atoms with Gasteiger partial charge in [0, 0.05) is 12.2 Å². The minimum absolute atomic E-state index is 0.594. The fourth-order valence-corrected chi connectivity index (χ4v) is 2.59. The highest BCUT2D eigenvalue weighted by molar-refractivity contribution is 5.45. The van der Waals surface area contributed by atoms with Crippen molar-refractivity contribution < 1.29 is 4.74 Å². The largest absolute Gasteiger partial charge is 0.489 e. The summed E-state index contributed by atoms with van der Waals surface area (Å²) >= 11 is 0. The van der Waals surface area contributed by atoms with Gasteiger partial charge < -0.3 is 10.1 Å². The van der Waals surface area contributed by atoms with E-state index in [0.717, 1.165) is 18.0 Å². The van der Waals surface area contributed by atoms with Crippen molar-refractivity contribution in [2.75, 3.05) is 5.32 Å². The maximum atomic E-state index is 5.93. The zero-order valence-corrected chi connectivity index (χ0v) is 14.3. The molecule has 0 aromatic heterocycles. The Morgan fingerprint density at radius 1 is 0.750 bits per heavy atom. The average Bonchev–Trinajstić information content (AvgIpc) is 2.60. The molecule has 0 saturated carbocycles. The van der Waals surface area contributed by atoms with Crippen molar-refractivity contribution in [3.63, 3.8) is 0 Å². The summed E-state index contributed by atoms with van der Waals surface area (Å²) in [5.41, 5.74) is 6.06. The Morgan fingerprint density at radius 2 is 1.50 bits per heavy atom. The second-order valence-corrected chi connectivity index (χ2v) is 6.14. The minimum atomic E-state index is 0.594. The van der Waals surface area contributed by atoms with Crippen LogP contribution in [0.2, 0.25) is 0 Å². The van der Waals surface area contributed by atoms with E-state index >= 15 is 0 Å². The predicted octanol–water partition coefficient (Wildman–Crippen LogP) is 5.49. The van der Waals surface area contributed by atoms with Crippen molar-refractivity contribution in [1.29, 1.82) is 0 Å². The number of benzene rings is 3. The zero-order valence-electron chi connectivity index (χ0n) is 14.3. The monoisotopic (exact) mass is 317 g/mol. The summed E-state index contributed by atoms with van der Waals surface area (Å²) in [6.45, 7) is 5.57. The third-order valence-electron chi connectivity index (χ3n) is 3.93. The summed E-state index contributed by atoms with van der Waals surface area (Å²) in [6.07, 6.45) is 0. The molecule has 24 heavy (non-hydrogen) atoms. The molecule has 1 N–H and O–H groups in total. The SMILES string of the molecule is Cc1ccc(NCc2cccc(OCc3cccc(C)c3)c2)cc1. The van der Waals surface area contributed by atoms with Crippen LogP contribution in [0.15, 0.2) is 72.8 Å². The topological polar surface area (TPSA) is 21.3 Å². The molecule has 0 unspecified atom stereocenters. The molecule has 0 atom stereocenters. The highest BCUT2D eigenvalue weighted by Crippen LogP contribution is 2.17. The number of ether oxygens (including phenoxy) is 1. The number of nitrogens with one attached hydrogen (secondary N) is 1. The second-order valence-electron chi connectivity index (χ2n) is 6.14. The molecule has 0 aliphatic heterocycles. The number of hydrogen-bond donors (Lipinski definition) is 1. The van der Waals surface area contributed by atoms with E-state index in [1.165, 1.54) is 22.3 Å². The second kappa shape index (κ2) is 7.69. The van der Waals surface area contributed by atoms with Gasteiger partial charge in [-0.2, -0.15) is 0 Å². The molecule has 0 saturated heterocycles. The van der Waals surface area contributed by atoms with Crippen LogP contribution in [0.3, 0.4) is 0 Å². The summed E-state index contributed by atoms with van der Waals surface area (Å²) in [5, 5.41) is 3.44. The van der Waals surface area contributed by atoms with Gasteiger partial charge in [0.25, 0.3) is 0 Å². The molecular weight excluding hydrogens is 294 g/mol. The van der Waals surface area contributed by atoms with Crippen molar-refractivity contribution in [3.05, 3.63) is 95.1 Å². The Balaban J connectivity index is 1.58. The van der Waals surface area contributed by atoms with Gasteiger partial charge in [-0.25, -0.2) is 0 Å². The molecule has 3 rings (SSSR count). The Morgan fingerprint density at radius 3 is 2.29 bits per heavy atom. The van der Waals surface area contributed by atoms with E-state index in [0.29, 0.717) is 6.61 Å². The van der Waals surface area contributed by atoms with Crippen molar-refractivity contribution in [3.8, 4) is 5.75 Å². The molecule has 3 aromatic rings. The predicted molar refractivity (Wildman–Crippen MR) is 100 cm³/mol. The number of anilines is 1. The zero-order chi connectivity index (χ0) is 16.8. The van der Waals surface area contributed by atoms with E-state index in [1.54, 1.807) is 0 Å². The summed E-state index contributed by atoms with van der Waals surface area (Å²) < 4.78 is 5.93. The van der Waals surface area contributed by atoms with Crippen LogP contribution in [0.25, 0.3) is 0 Å². The first-order chi connectivity index (χ1) is 11.7. The molecule has 0 aliphatic rings. The standard InChI is InChI=1S/C22H23NO/c1-17-9-11-21(12-10-17)23-15-19-6-4-8-22(14-19)24-16-20-7-3-5-18(2)13-20/h3-14,23H,15-16H2,1-2H3.